The molecule has 10 aromatic carbocycles. The van der Waals surface area contributed by atoms with E-state index >= 15 is 0 Å². The molecule has 0 fully saturated rings. The second-order valence-electron chi connectivity index (χ2n) is 15.6. The van der Waals surface area contributed by atoms with Gasteiger partial charge >= 0.3 is 0 Å². The molecular formula is C55H38. The fourth-order valence-corrected chi connectivity index (χ4v) is 9.70. The summed E-state index contributed by atoms with van der Waals surface area (Å²) in [5.41, 5.74) is 15.4. The third-order valence-corrected chi connectivity index (χ3v) is 12.2. The van der Waals surface area contributed by atoms with Gasteiger partial charge in [0.25, 0.3) is 0 Å². The molecule has 11 rings (SSSR count). The third kappa shape index (κ3) is 4.85. The van der Waals surface area contributed by atoms with Crippen LogP contribution < -0.4 is 0 Å². The lowest BCUT2D eigenvalue weighted by Gasteiger charge is -2.23. The zero-order valence-corrected chi connectivity index (χ0v) is 31.0. The Bertz CT molecular complexity index is 3150. The van der Waals surface area contributed by atoms with Gasteiger partial charge in [0.2, 0.25) is 0 Å². The van der Waals surface area contributed by atoms with Crippen molar-refractivity contribution < 1.29 is 0 Å². The molecule has 0 amide bonds. The van der Waals surface area contributed by atoms with E-state index < -0.39 is 0 Å². The summed E-state index contributed by atoms with van der Waals surface area (Å²) in [4.78, 5) is 0. The van der Waals surface area contributed by atoms with E-state index in [1.54, 1.807) is 0 Å². The van der Waals surface area contributed by atoms with Crippen molar-refractivity contribution in [1.82, 2.24) is 0 Å². The molecule has 258 valence electrons. The molecule has 0 atom stereocenters. The number of benzene rings is 10. The van der Waals surface area contributed by atoms with Gasteiger partial charge in [-0.15, -0.1) is 0 Å². The molecule has 0 spiro atoms. The van der Waals surface area contributed by atoms with Crippen LogP contribution in [0, 0.1) is 0 Å². The smallest absolute Gasteiger partial charge is 0.0165 e. The summed E-state index contributed by atoms with van der Waals surface area (Å²) in [6.07, 6.45) is 0. The Hall–Kier alpha value is -6.76. The lowest BCUT2D eigenvalue weighted by molar-refractivity contribution is 0.666. The molecule has 0 aliphatic heterocycles. The van der Waals surface area contributed by atoms with Crippen molar-refractivity contribution >= 4 is 43.1 Å². The van der Waals surface area contributed by atoms with Gasteiger partial charge in [-0.25, -0.2) is 0 Å². The van der Waals surface area contributed by atoms with Crippen LogP contribution in [0.2, 0.25) is 0 Å². The van der Waals surface area contributed by atoms with E-state index in [1.807, 2.05) is 0 Å². The van der Waals surface area contributed by atoms with Crippen LogP contribution in [0.3, 0.4) is 0 Å². The molecule has 0 radical (unpaired) electrons. The zero-order chi connectivity index (χ0) is 36.7. The van der Waals surface area contributed by atoms with Crippen LogP contribution in [-0.4, -0.2) is 0 Å². The quantitative estimate of drug-likeness (QED) is 0.127. The fraction of sp³-hybridized carbons (Fsp3) is 0.0545. The molecule has 10 aromatic rings. The molecule has 0 heterocycles. The standard InChI is InChI=1S/C55H38/c1-55(2)50-24-14-13-21-45(50)48-29-27-39-31-38(26-28-44(39)54(48)55)41-32-40(35-15-5-3-6-16-35)33-42(34-41)51-46-22-11-12-23-47(46)52(37-18-7-4-8-19-37)53-43-20-10-9-17-36(43)25-30-49(51)53/h3-34H,1-2H3. The van der Waals surface area contributed by atoms with Crippen molar-refractivity contribution in [3.8, 4) is 55.6 Å². The normalized spacial score (nSPS) is 13.1. The van der Waals surface area contributed by atoms with E-state index in [0.717, 1.165) is 0 Å². The Balaban J connectivity index is 1.20. The Morgan fingerprint density at radius 3 is 1.67 bits per heavy atom. The minimum Gasteiger partial charge on any atom is -0.0622 e. The van der Waals surface area contributed by atoms with Gasteiger partial charge in [0, 0.05) is 5.41 Å². The maximum absolute atomic E-state index is 2.43. The minimum atomic E-state index is -0.0639. The van der Waals surface area contributed by atoms with E-state index in [9.17, 15) is 0 Å². The lowest BCUT2D eigenvalue weighted by Crippen LogP contribution is -2.15. The average molecular weight is 699 g/mol. The molecular weight excluding hydrogens is 661 g/mol. The number of hydrogen-bond acceptors (Lipinski definition) is 0. The fourth-order valence-electron chi connectivity index (χ4n) is 9.70. The van der Waals surface area contributed by atoms with E-state index in [4.69, 9.17) is 0 Å². The summed E-state index contributed by atoms with van der Waals surface area (Å²) in [5, 5.41) is 10.2. The lowest BCUT2D eigenvalue weighted by atomic mass is 9.80. The summed E-state index contributed by atoms with van der Waals surface area (Å²) < 4.78 is 0. The van der Waals surface area contributed by atoms with E-state index in [1.165, 1.54) is 110 Å². The van der Waals surface area contributed by atoms with Crippen LogP contribution in [0.25, 0.3) is 98.7 Å². The summed E-state index contributed by atoms with van der Waals surface area (Å²) >= 11 is 0. The highest BCUT2D eigenvalue weighted by atomic mass is 14.4. The predicted octanol–water partition coefficient (Wildman–Crippen LogP) is 15.3. The van der Waals surface area contributed by atoms with Crippen LogP contribution >= 0.6 is 0 Å². The van der Waals surface area contributed by atoms with Gasteiger partial charge in [0.15, 0.2) is 0 Å². The maximum atomic E-state index is 2.43. The van der Waals surface area contributed by atoms with Gasteiger partial charge in [0.1, 0.15) is 0 Å². The SMILES string of the molecule is CC1(C)c2ccccc2-c2ccc3cc(-c4cc(-c5ccccc5)cc(-c5c6ccccc6c(-c6ccccc6)c6c5ccc5ccccc56)c4)ccc3c21. The molecule has 0 saturated carbocycles. The summed E-state index contributed by atoms with van der Waals surface area (Å²) in [5.74, 6) is 0. The van der Waals surface area contributed by atoms with Gasteiger partial charge in [0.05, 0.1) is 0 Å². The van der Waals surface area contributed by atoms with Crippen LogP contribution in [0.4, 0.5) is 0 Å². The Labute approximate surface area is 322 Å². The van der Waals surface area contributed by atoms with E-state index in [2.05, 4.69) is 208 Å². The monoisotopic (exact) mass is 698 g/mol. The number of rotatable bonds is 4. The average Bonchev–Trinajstić information content (AvgIpc) is 3.49. The van der Waals surface area contributed by atoms with E-state index in [-0.39, 0.29) is 5.41 Å². The highest BCUT2D eigenvalue weighted by Crippen LogP contribution is 2.52. The van der Waals surface area contributed by atoms with Crippen LogP contribution in [0.15, 0.2) is 194 Å². The van der Waals surface area contributed by atoms with E-state index in [0.29, 0.717) is 0 Å². The molecule has 0 heteroatoms. The third-order valence-electron chi connectivity index (χ3n) is 12.2. The second-order valence-corrected chi connectivity index (χ2v) is 15.6. The minimum absolute atomic E-state index is 0.0639. The van der Waals surface area contributed by atoms with Crippen molar-refractivity contribution in [3.05, 3.63) is 205 Å². The van der Waals surface area contributed by atoms with Gasteiger partial charge in [-0.2, -0.15) is 0 Å². The van der Waals surface area contributed by atoms with Crippen molar-refractivity contribution in [2.75, 3.05) is 0 Å². The molecule has 1 aliphatic rings. The summed E-state index contributed by atoms with van der Waals surface area (Å²) in [6, 6.07) is 72.2. The van der Waals surface area contributed by atoms with Crippen LogP contribution in [-0.2, 0) is 5.41 Å². The molecule has 0 nitrogen and oxygen atoms in total. The Kier molecular flexibility index (Phi) is 7.00. The first-order chi connectivity index (χ1) is 27.0. The number of hydrogen-bond donors (Lipinski definition) is 0. The second kappa shape index (κ2) is 12.1. The molecule has 0 aromatic heterocycles. The largest absolute Gasteiger partial charge is 0.0622 e. The summed E-state index contributed by atoms with van der Waals surface area (Å²) in [7, 11) is 0. The molecule has 0 N–H and O–H groups in total. The molecule has 0 saturated heterocycles. The van der Waals surface area contributed by atoms with Gasteiger partial charge < -0.3 is 0 Å². The first-order valence-electron chi connectivity index (χ1n) is 19.3. The maximum Gasteiger partial charge on any atom is 0.0165 e. The van der Waals surface area contributed by atoms with Gasteiger partial charge in [-0.3, -0.25) is 0 Å². The first kappa shape index (κ1) is 31.7. The van der Waals surface area contributed by atoms with Crippen molar-refractivity contribution in [3.63, 3.8) is 0 Å². The van der Waals surface area contributed by atoms with Crippen LogP contribution in [0.5, 0.6) is 0 Å². The summed E-state index contributed by atoms with van der Waals surface area (Å²) in [6.45, 7) is 4.75. The Morgan fingerprint density at radius 2 is 0.891 bits per heavy atom. The highest BCUT2D eigenvalue weighted by molar-refractivity contribution is 6.28. The molecule has 55 heavy (non-hydrogen) atoms. The van der Waals surface area contributed by atoms with Crippen molar-refractivity contribution in [2.24, 2.45) is 0 Å². The van der Waals surface area contributed by atoms with Crippen molar-refractivity contribution in [1.29, 1.82) is 0 Å². The molecule has 1 aliphatic carbocycles. The Morgan fingerprint density at radius 1 is 0.309 bits per heavy atom. The van der Waals surface area contributed by atoms with Crippen LogP contribution in [0.1, 0.15) is 25.0 Å². The zero-order valence-electron chi connectivity index (χ0n) is 31.0. The topological polar surface area (TPSA) is 0 Å². The highest BCUT2D eigenvalue weighted by Gasteiger charge is 2.36. The predicted molar refractivity (Wildman–Crippen MR) is 236 cm³/mol. The van der Waals surface area contributed by atoms with Gasteiger partial charge in [-0.1, -0.05) is 184 Å². The van der Waals surface area contributed by atoms with Gasteiger partial charge in [-0.05, 0) is 134 Å². The molecule has 0 unspecified atom stereocenters. The molecule has 0 bridgehead atoms. The van der Waals surface area contributed by atoms with Crippen molar-refractivity contribution in [2.45, 2.75) is 19.3 Å². The number of fused-ring (bicyclic) bond motifs is 9. The first-order valence-corrected chi connectivity index (χ1v) is 19.3.